The molecule has 0 atom stereocenters. The van der Waals surface area contributed by atoms with Crippen LogP contribution in [0.4, 0.5) is 5.13 Å². The molecule has 0 amide bonds. The monoisotopic (exact) mass is 231 g/mol. The van der Waals surface area contributed by atoms with E-state index in [1.807, 2.05) is 0 Å². The molecule has 0 aromatic carbocycles. The van der Waals surface area contributed by atoms with Gasteiger partial charge in [-0.2, -0.15) is 0 Å². The number of ether oxygens (including phenoxy) is 1. The molecule has 0 aliphatic carbocycles. The number of aromatic nitrogens is 2. The van der Waals surface area contributed by atoms with Gasteiger partial charge in [0.25, 0.3) is 0 Å². The van der Waals surface area contributed by atoms with Crippen molar-refractivity contribution in [1.29, 1.82) is 0 Å². The molecule has 4 nitrogen and oxygen atoms in total. The minimum atomic E-state index is 0.00567. The van der Waals surface area contributed by atoms with Gasteiger partial charge in [0.2, 0.25) is 5.13 Å². The van der Waals surface area contributed by atoms with E-state index in [2.05, 4.69) is 28.9 Å². The zero-order valence-electron chi connectivity index (χ0n) is 8.24. The van der Waals surface area contributed by atoms with Gasteiger partial charge >= 0.3 is 0 Å². The molecule has 1 aromatic heterocycles. The second-order valence-corrected chi connectivity index (χ2v) is 5.56. The highest BCUT2D eigenvalue weighted by Gasteiger charge is 2.32. The van der Waals surface area contributed by atoms with E-state index in [4.69, 9.17) is 17.0 Å². The van der Waals surface area contributed by atoms with Crippen LogP contribution in [-0.4, -0.2) is 35.5 Å². The molecule has 14 heavy (non-hydrogen) atoms. The topological polar surface area (TPSA) is 41.1 Å². The molecule has 0 saturated carbocycles. The van der Waals surface area contributed by atoms with Gasteiger partial charge in [0, 0.05) is 6.54 Å². The third-order valence-corrected chi connectivity index (χ3v) is 3.42. The first-order valence-corrected chi connectivity index (χ1v) is 5.73. The Balaban J connectivity index is 2.28. The Morgan fingerprint density at radius 1 is 1.64 bits per heavy atom. The summed E-state index contributed by atoms with van der Waals surface area (Å²) in [7, 11) is 0. The van der Waals surface area contributed by atoms with Crippen LogP contribution in [0.3, 0.4) is 0 Å². The van der Waals surface area contributed by atoms with E-state index >= 15 is 0 Å². The first-order chi connectivity index (χ1) is 6.59. The van der Waals surface area contributed by atoms with Crippen LogP contribution in [0, 0.1) is 3.95 Å². The average molecular weight is 231 g/mol. The fourth-order valence-electron chi connectivity index (χ4n) is 1.55. The van der Waals surface area contributed by atoms with E-state index in [0.29, 0.717) is 0 Å². The van der Waals surface area contributed by atoms with Crippen molar-refractivity contribution in [2.24, 2.45) is 0 Å². The summed E-state index contributed by atoms with van der Waals surface area (Å²) < 4.78 is 6.17. The largest absolute Gasteiger partial charge is 0.377 e. The van der Waals surface area contributed by atoms with Crippen molar-refractivity contribution in [3.8, 4) is 0 Å². The van der Waals surface area contributed by atoms with E-state index in [-0.39, 0.29) is 5.54 Å². The lowest BCUT2D eigenvalue weighted by Crippen LogP contribution is -2.53. The molecule has 1 aliphatic heterocycles. The van der Waals surface area contributed by atoms with Crippen LogP contribution in [0.1, 0.15) is 13.8 Å². The molecule has 0 radical (unpaired) electrons. The Kier molecular flexibility index (Phi) is 2.59. The SMILES string of the molecule is CC1(C)COCCN1c1n[nH]c(=S)s1. The number of morpholine rings is 1. The molecule has 1 aliphatic rings. The summed E-state index contributed by atoms with van der Waals surface area (Å²) in [5.41, 5.74) is 0.00567. The molecule has 0 bridgehead atoms. The minimum Gasteiger partial charge on any atom is -0.377 e. The maximum atomic E-state index is 5.44. The van der Waals surface area contributed by atoms with Crippen LogP contribution in [0.5, 0.6) is 0 Å². The summed E-state index contributed by atoms with van der Waals surface area (Å²) in [6, 6.07) is 0. The van der Waals surface area contributed by atoms with Gasteiger partial charge in [-0.25, -0.2) is 0 Å². The van der Waals surface area contributed by atoms with Crippen molar-refractivity contribution in [1.82, 2.24) is 10.2 Å². The van der Waals surface area contributed by atoms with Gasteiger partial charge < -0.3 is 9.64 Å². The molecule has 6 heteroatoms. The van der Waals surface area contributed by atoms with Crippen molar-refractivity contribution >= 4 is 28.7 Å². The molecule has 78 valence electrons. The summed E-state index contributed by atoms with van der Waals surface area (Å²) in [5, 5.41) is 7.96. The van der Waals surface area contributed by atoms with Gasteiger partial charge in [0.15, 0.2) is 3.95 Å². The van der Waals surface area contributed by atoms with Crippen molar-refractivity contribution in [3.05, 3.63) is 3.95 Å². The third-order valence-electron chi connectivity index (χ3n) is 2.30. The summed E-state index contributed by atoms with van der Waals surface area (Å²) in [5.74, 6) is 0. The molecule has 1 saturated heterocycles. The standard InChI is InChI=1S/C8H13N3OS2/c1-8(2)5-12-4-3-11(8)6-9-10-7(13)14-6/h3-5H2,1-2H3,(H,10,13). The fourth-order valence-corrected chi connectivity index (χ4v) is 2.62. The number of aromatic amines is 1. The molecular formula is C8H13N3OS2. The van der Waals surface area contributed by atoms with Crippen molar-refractivity contribution in [2.75, 3.05) is 24.7 Å². The summed E-state index contributed by atoms with van der Waals surface area (Å²) in [6.45, 7) is 6.67. The van der Waals surface area contributed by atoms with Crippen LogP contribution in [0.2, 0.25) is 0 Å². The predicted molar refractivity (Wildman–Crippen MR) is 59.5 cm³/mol. The van der Waals surface area contributed by atoms with E-state index in [1.165, 1.54) is 11.3 Å². The lowest BCUT2D eigenvalue weighted by atomic mass is 10.0. The van der Waals surface area contributed by atoms with Crippen LogP contribution >= 0.6 is 23.6 Å². The van der Waals surface area contributed by atoms with Gasteiger partial charge in [-0.05, 0) is 26.1 Å². The van der Waals surface area contributed by atoms with Gasteiger partial charge in [-0.15, -0.1) is 5.10 Å². The highest BCUT2D eigenvalue weighted by atomic mass is 32.1. The second-order valence-electron chi connectivity index (χ2n) is 3.91. The Hall–Kier alpha value is -0.460. The number of rotatable bonds is 1. The van der Waals surface area contributed by atoms with Crippen molar-refractivity contribution in [2.45, 2.75) is 19.4 Å². The van der Waals surface area contributed by atoms with Crippen LogP contribution in [0.15, 0.2) is 0 Å². The first kappa shape index (κ1) is 10.1. The minimum absolute atomic E-state index is 0.00567. The lowest BCUT2D eigenvalue weighted by Gasteiger charge is -2.41. The Morgan fingerprint density at radius 3 is 3.00 bits per heavy atom. The Bertz CT molecular complexity index is 371. The van der Waals surface area contributed by atoms with E-state index < -0.39 is 0 Å². The normalized spacial score (nSPS) is 21.1. The maximum absolute atomic E-state index is 5.44. The average Bonchev–Trinajstić information content (AvgIpc) is 2.51. The molecule has 2 rings (SSSR count). The molecule has 2 heterocycles. The van der Waals surface area contributed by atoms with E-state index in [0.717, 1.165) is 28.8 Å². The van der Waals surface area contributed by atoms with Crippen molar-refractivity contribution in [3.63, 3.8) is 0 Å². The summed E-state index contributed by atoms with van der Waals surface area (Å²) >= 11 is 6.53. The summed E-state index contributed by atoms with van der Waals surface area (Å²) in [6.07, 6.45) is 0. The highest BCUT2D eigenvalue weighted by molar-refractivity contribution is 7.73. The Labute approximate surface area is 91.9 Å². The van der Waals surface area contributed by atoms with Gasteiger partial charge in [0.05, 0.1) is 18.8 Å². The number of hydrogen-bond acceptors (Lipinski definition) is 5. The zero-order chi connectivity index (χ0) is 10.2. The lowest BCUT2D eigenvalue weighted by molar-refractivity contribution is 0.0643. The number of anilines is 1. The highest BCUT2D eigenvalue weighted by Crippen LogP contribution is 2.28. The molecule has 1 aromatic rings. The summed E-state index contributed by atoms with van der Waals surface area (Å²) in [4.78, 5) is 2.24. The number of nitrogens with one attached hydrogen (secondary N) is 1. The molecule has 1 N–H and O–H groups in total. The van der Waals surface area contributed by atoms with E-state index in [1.54, 1.807) is 0 Å². The third kappa shape index (κ3) is 1.82. The number of nitrogens with zero attached hydrogens (tertiary/aromatic N) is 2. The smallest absolute Gasteiger partial charge is 0.207 e. The molecular weight excluding hydrogens is 218 g/mol. The quantitative estimate of drug-likeness (QED) is 0.749. The number of hydrogen-bond donors (Lipinski definition) is 1. The van der Waals surface area contributed by atoms with Gasteiger partial charge in [-0.1, -0.05) is 11.3 Å². The second kappa shape index (κ2) is 3.60. The van der Waals surface area contributed by atoms with Crippen LogP contribution in [0.25, 0.3) is 0 Å². The molecule has 0 spiro atoms. The van der Waals surface area contributed by atoms with Gasteiger partial charge in [0.1, 0.15) is 0 Å². The van der Waals surface area contributed by atoms with Crippen LogP contribution in [-0.2, 0) is 4.74 Å². The molecule has 1 fully saturated rings. The first-order valence-electron chi connectivity index (χ1n) is 4.50. The molecule has 0 unspecified atom stereocenters. The van der Waals surface area contributed by atoms with Crippen LogP contribution < -0.4 is 4.90 Å². The predicted octanol–water partition coefficient (Wildman–Crippen LogP) is 1.82. The Morgan fingerprint density at radius 2 is 2.43 bits per heavy atom. The zero-order valence-corrected chi connectivity index (χ0v) is 9.87. The maximum Gasteiger partial charge on any atom is 0.207 e. The van der Waals surface area contributed by atoms with Gasteiger partial charge in [-0.3, -0.25) is 5.10 Å². The van der Waals surface area contributed by atoms with Crippen molar-refractivity contribution < 1.29 is 4.74 Å². The number of H-pyrrole nitrogens is 1. The van der Waals surface area contributed by atoms with E-state index in [9.17, 15) is 0 Å². The fraction of sp³-hybridized carbons (Fsp3) is 0.750.